The topological polar surface area (TPSA) is 0 Å². The summed E-state index contributed by atoms with van der Waals surface area (Å²) in [6.45, 7) is 7.00. The SMILES string of the molecule is CC(C)(C)C(Pc1ccccc1)c1ccccc1. The predicted molar refractivity (Wildman–Crippen MR) is 83.0 cm³/mol. The minimum Gasteiger partial charge on any atom is -0.0822 e. The van der Waals surface area contributed by atoms with Crippen LogP contribution in [-0.2, 0) is 0 Å². The smallest absolute Gasteiger partial charge is 0.0103 e. The molecule has 0 aliphatic rings. The average Bonchev–Trinajstić information content (AvgIpc) is 2.37. The van der Waals surface area contributed by atoms with Crippen molar-refractivity contribution in [3.63, 3.8) is 0 Å². The highest BCUT2D eigenvalue weighted by molar-refractivity contribution is 7.47. The fourth-order valence-corrected chi connectivity index (χ4v) is 3.66. The number of hydrogen-bond donors (Lipinski definition) is 0. The van der Waals surface area contributed by atoms with Crippen molar-refractivity contribution in [1.82, 2.24) is 0 Å². The molecule has 0 nitrogen and oxygen atoms in total. The van der Waals surface area contributed by atoms with E-state index in [0.29, 0.717) is 5.66 Å². The predicted octanol–water partition coefficient (Wildman–Crippen LogP) is 4.78. The van der Waals surface area contributed by atoms with Gasteiger partial charge in [-0.3, -0.25) is 0 Å². The minimum absolute atomic E-state index is 0.287. The highest BCUT2D eigenvalue weighted by Crippen LogP contribution is 2.46. The maximum atomic E-state index is 2.33. The van der Waals surface area contributed by atoms with Gasteiger partial charge in [0.1, 0.15) is 0 Å². The Bertz CT molecular complexity index is 468. The summed E-state index contributed by atoms with van der Waals surface area (Å²) >= 11 is 0. The second kappa shape index (κ2) is 5.67. The Hall–Kier alpha value is -1.13. The van der Waals surface area contributed by atoms with Gasteiger partial charge in [0.2, 0.25) is 0 Å². The van der Waals surface area contributed by atoms with Gasteiger partial charge in [-0.2, -0.15) is 0 Å². The molecule has 0 radical (unpaired) electrons. The summed E-state index contributed by atoms with van der Waals surface area (Å²) < 4.78 is 0. The van der Waals surface area contributed by atoms with Crippen molar-refractivity contribution in [2.24, 2.45) is 5.41 Å². The molecule has 1 heteroatoms. The molecule has 18 heavy (non-hydrogen) atoms. The van der Waals surface area contributed by atoms with Crippen molar-refractivity contribution >= 4 is 13.9 Å². The maximum Gasteiger partial charge on any atom is 0.0103 e. The summed E-state index contributed by atoms with van der Waals surface area (Å²) in [5, 5.41) is 1.45. The Morgan fingerprint density at radius 1 is 0.778 bits per heavy atom. The molecule has 0 aliphatic heterocycles. The first-order valence-corrected chi connectivity index (χ1v) is 7.51. The lowest BCUT2D eigenvalue weighted by molar-refractivity contribution is 0.400. The number of hydrogen-bond acceptors (Lipinski definition) is 0. The molecule has 0 saturated heterocycles. The van der Waals surface area contributed by atoms with E-state index in [0.717, 1.165) is 8.58 Å². The third kappa shape index (κ3) is 3.43. The molecule has 0 aliphatic carbocycles. The molecule has 0 N–H and O–H groups in total. The Morgan fingerprint density at radius 2 is 1.28 bits per heavy atom. The Kier molecular flexibility index (Phi) is 4.19. The van der Waals surface area contributed by atoms with Crippen LogP contribution in [0.2, 0.25) is 0 Å². The molecule has 2 aromatic rings. The van der Waals surface area contributed by atoms with Crippen LogP contribution >= 0.6 is 8.58 Å². The van der Waals surface area contributed by atoms with Gasteiger partial charge in [-0.15, -0.1) is 0 Å². The normalized spacial score (nSPS) is 13.9. The minimum atomic E-state index is 0.287. The van der Waals surface area contributed by atoms with Crippen molar-refractivity contribution < 1.29 is 0 Å². The highest BCUT2D eigenvalue weighted by atomic mass is 31.1. The van der Waals surface area contributed by atoms with Gasteiger partial charge >= 0.3 is 0 Å². The van der Waals surface area contributed by atoms with Crippen molar-refractivity contribution in [2.45, 2.75) is 26.4 Å². The zero-order valence-electron chi connectivity index (χ0n) is 11.4. The monoisotopic (exact) mass is 256 g/mol. The van der Waals surface area contributed by atoms with E-state index in [2.05, 4.69) is 81.4 Å². The Labute approximate surface area is 112 Å². The van der Waals surface area contributed by atoms with Crippen molar-refractivity contribution in [1.29, 1.82) is 0 Å². The summed E-state index contributed by atoms with van der Waals surface area (Å²) in [4.78, 5) is 0. The summed E-state index contributed by atoms with van der Waals surface area (Å²) in [7, 11) is 0.824. The molecule has 2 rings (SSSR count). The molecule has 2 atom stereocenters. The average molecular weight is 256 g/mol. The molecular formula is C17H21P. The number of rotatable bonds is 3. The van der Waals surface area contributed by atoms with Crippen LogP contribution in [0.4, 0.5) is 0 Å². The van der Waals surface area contributed by atoms with Gasteiger partial charge in [-0.05, 0) is 16.3 Å². The second-order valence-electron chi connectivity index (χ2n) is 5.72. The van der Waals surface area contributed by atoms with Gasteiger partial charge in [0, 0.05) is 5.66 Å². The quantitative estimate of drug-likeness (QED) is 0.693. The molecule has 0 heterocycles. The zero-order valence-corrected chi connectivity index (χ0v) is 12.4. The van der Waals surface area contributed by atoms with Crippen LogP contribution in [0.15, 0.2) is 60.7 Å². The first-order valence-electron chi connectivity index (χ1n) is 6.44. The van der Waals surface area contributed by atoms with E-state index in [1.807, 2.05) is 0 Å². The van der Waals surface area contributed by atoms with Crippen LogP contribution in [0.25, 0.3) is 0 Å². The molecule has 2 unspecified atom stereocenters. The Morgan fingerprint density at radius 3 is 1.78 bits per heavy atom. The van der Waals surface area contributed by atoms with Crippen molar-refractivity contribution in [3.8, 4) is 0 Å². The van der Waals surface area contributed by atoms with E-state index >= 15 is 0 Å². The molecule has 0 saturated carbocycles. The van der Waals surface area contributed by atoms with E-state index < -0.39 is 0 Å². The lowest BCUT2D eigenvalue weighted by Gasteiger charge is -2.31. The molecule has 2 aromatic carbocycles. The van der Waals surface area contributed by atoms with Gasteiger partial charge in [-0.1, -0.05) is 90.0 Å². The molecule has 0 aromatic heterocycles. The summed E-state index contributed by atoms with van der Waals surface area (Å²) in [5.41, 5.74) is 2.32. The fourth-order valence-electron chi connectivity index (χ4n) is 2.15. The molecule has 0 amide bonds. The van der Waals surface area contributed by atoms with Crippen LogP contribution in [0.1, 0.15) is 32.0 Å². The zero-order chi connectivity index (χ0) is 13.0. The highest BCUT2D eigenvalue weighted by Gasteiger charge is 2.26. The lowest BCUT2D eigenvalue weighted by atomic mass is 9.87. The largest absolute Gasteiger partial charge is 0.0822 e. The number of benzene rings is 2. The van der Waals surface area contributed by atoms with Gasteiger partial charge in [0.05, 0.1) is 0 Å². The van der Waals surface area contributed by atoms with E-state index in [4.69, 9.17) is 0 Å². The molecular weight excluding hydrogens is 235 g/mol. The van der Waals surface area contributed by atoms with Gasteiger partial charge < -0.3 is 0 Å². The van der Waals surface area contributed by atoms with E-state index in [-0.39, 0.29) is 5.41 Å². The van der Waals surface area contributed by atoms with Crippen LogP contribution in [0.5, 0.6) is 0 Å². The third-order valence-electron chi connectivity index (χ3n) is 3.08. The third-order valence-corrected chi connectivity index (χ3v) is 5.24. The van der Waals surface area contributed by atoms with Crippen LogP contribution < -0.4 is 5.30 Å². The Balaban J connectivity index is 2.28. The van der Waals surface area contributed by atoms with Gasteiger partial charge in [0.15, 0.2) is 0 Å². The van der Waals surface area contributed by atoms with Crippen LogP contribution in [-0.4, -0.2) is 0 Å². The van der Waals surface area contributed by atoms with Gasteiger partial charge in [0.25, 0.3) is 0 Å². The van der Waals surface area contributed by atoms with Crippen LogP contribution in [0.3, 0.4) is 0 Å². The second-order valence-corrected chi connectivity index (χ2v) is 7.16. The van der Waals surface area contributed by atoms with Crippen LogP contribution in [0, 0.1) is 5.41 Å². The standard InChI is InChI=1S/C17H21P/c1-17(2,3)16(14-10-6-4-7-11-14)18-15-12-8-5-9-13-15/h4-13,16,18H,1-3H3. The summed E-state index contributed by atoms with van der Waals surface area (Å²) in [6.07, 6.45) is 0. The summed E-state index contributed by atoms with van der Waals surface area (Å²) in [6, 6.07) is 21.7. The van der Waals surface area contributed by atoms with Crippen molar-refractivity contribution in [3.05, 3.63) is 66.2 Å². The molecule has 0 bridgehead atoms. The lowest BCUT2D eigenvalue weighted by Crippen LogP contribution is -2.16. The van der Waals surface area contributed by atoms with Crippen molar-refractivity contribution in [2.75, 3.05) is 0 Å². The molecule has 0 spiro atoms. The first kappa shape index (κ1) is 13.3. The first-order chi connectivity index (χ1) is 8.57. The fraction of sp³-hybridized carbons (Fsp3) is 0.294. The van der Waals surface area contributed by atoms with E-state index in [9.17, 15) is 0 Å². The van der Waals surface area contributed by atoms with E-state index in [1.54, 1.807) is 0 Å². The molecule has 0 fully saturated rings. The molecule has 94 valence electrons. The van der Waals surface area contributed by atoms with E-state index in [1.165, 1.54) is 10.9 Å². The summed E-state index contributed by atoms with van der Waals surface area (Å²) in [5.74, 6) is 0. The van der Waals surface area contributed by atoms with Gasteiger partial charge in [-0.25, -0.2) is 0 Å². The maximum absolute atomic E-state index is 2.33.